The lowest BCUT2D eigenvalue weighted by molar-refractivity contribution is -0.114. The molecule has 0 aliphatic rings. The molecule has 186 valence electrons. The number of ether oxygens (including phenoxy) is 1. The number of ketones is 1. The fourth-order valence-electron chi connectivity index (χ4n) is 4.47. The molecule has 4 nitrogen and oxygen atoms in total. The standard InChI is InChI=1S/C31H39NO3/c1-3-27(33)17-12-10-8-6-4-5-7-9-11-15-23-35-28-21-19-25(20-22-28)29-24-26-16-13-14-18-30(26)32(2)31(29)34/h3,13-14,16,18-22,24H,1,4-12,15,17,23H2,2H3. The van der Waals surface area contributed by atoms with Crippen molar-refractivity contribution in [3.05, 3.63) is 77.6 Å². The summed E-state index contributed by atoms with van der Waals surface area (Å²) in [4.78, 5) is 24.0. The first-order valence-electron chi connectivity index (χ1n) is 13.1. The van der Waals surface area contributed by atoms with Gasteiger partial charge in [0, 0.05) is 19.0 Å². The number of rotatable bonds is 16. The van der Waals surface area contributed by atoms with Crippen LogP contribution in [0.1, 0.15) is 70.6 Å². The molecule has 0 bridgehead atoms. The number of nitrogens with zero attached hydrogens (tertiary/aromatic N) is 1. The van der Waals surface area contributed by atoms with Crippen LogP contribution >= 0.6 is 0 Å². The highest BCUT2D eigenvalue weighted by Gasteiger charge is 2.09. The number of aryl methyl sites for hydroxylation is 1. The largest absolute Gasteiger partial charge is 0.494 e. The molecule has 0 aliphatic carbocycles. The maximum Gasteiger partial charge on any atom is 0.258 e. The molecule has 0 aliphatic heterocycles. The third-order valence-electron chi connectivity index (χ3n) is 6.61. The van der Waals surface area contributed by atoms with Crippen LogP contribution in [0.3, 0.4) is 0 Å². The molecule has 3 aromatic rings. The summed E-state index contributed by atoms with van der Waals surface area (Å²) in [6.07, 6.45) is 14.1. The van der Waals surface area contributed by atoms with E-state index >= 15 is 0 Å². The van der Waals surface area contributed by atoms with E-state index in [-0.39, 0.29) is 11.3 Å². The fourth-order valence-corrected chi connectivity index (χ4v) is 4.47. The number of fused-ring (bicyclic) bond motifs is 1. The summed E-state index contributed by atoms with van der Waals surface area (Å²) in [6.45, 7) is 4.23. The lowest BCUT2D eigenvalue weighted by atomic mass is 10.0. The van der Waals surface area contributed by atoms with E-state index in [1.807, 2.05) is 61.6 Å². The van der Waals surface area contributed by atoms with Gasteiger partial charge in [-0.05, 0) is 54.1 Å². The van der Waals surface area contributed by atoms with Gasteiger partial charge in [-0.15, -0.1) is 0 Å². The van der Waals surface area contributed by atoms with Crippen molar-refractivity contribution in [2.75, 3.05) is 6.61 Å². The first-order chi connectivity index (χ1) is 17.1. The van der Waals surface area contributed by atoms with Crippen LogP contribution in [0.15, 0.2) is 72.0 Å². The second-order valence-corrected chi connectivity index (χ2v) is 9.31. The van der Waals surface area contributed by atoms with E-state index in [0.717, 1.165) is 48.1 Å². The summed E-state index contributed by atoms with van der Waals surface area (Å²) in [7, 11) is 1.82. The van der Waals surface area contributed by atoms with Gasteiger partial charge in [-0.1, -0.05) is 88.3 Å². The second kappa shape index (κ2) is 14.3. The Balaban J connectivity index is 1.30. The van der Waals surface area contributed by atoms with Gasteiger partial charge in [0.1, 0.15) is 5.75 Å². The Morgan fingerprint density at radius 1 is 0.857 bits per heavy atom. The summed E-state index contributed by atoms with van der Waals surface area (Å²) in [5.74, 6) is 1.01. The van der Waals surface area contributed by atoms with Crippen LogP contribution in [-0.4, -0.2) is 17.0 Å². The summed E-state index contributed by atoms with van der Waals surface area (Å²) in [5.41, 5.74) is 2.57. The van der Waals surface area contributed by atoms with Crippen LogP contribution in [0.5, 0.6) is 5.75 Å². The molecule has 3 rings (SSSR count). The molecule has 1 heterocycles. The predicted octanol–water partition coefficient (Wildman–Crippen LogP) is 7.63. The second-order valence-electron chi connectivity index (χ2n) is 9.31. The number of para-hydroxylation sites is 1. The molecular weight excluding hydrogens is 434 g/mol. The van der Waals surface area contributed by atoms with Crippen molar-refractivity contribution in [3.8, 4) is 16.9 Å². The Labute approximate surface area is 209 Å². The number of allylic oxidation sites excluding steroid dienone is 1. The van der Waals surface area contributed by atoms with E-state index in [2.05, 4.69) is 6.58 Å². The van der Waals surface area contributed by atoms with E-state index in [0.29, 0.717) is 12.0 Å². The highest BCUT2D eigenvalue weighted by molar-refractivity contribution is 5.88. The van der Waals surface area contributed by atoms with Crippen molar-refractivity contribution < 1.29 is 9.53 Å². The Kier molecular flexibility index (Phi) is 10.8. The molecule has 4 heteroatoms. The highest BCUT2D eigenvalue weighted by atomic mass is 16.5. The van der Waals surface area contributed by atoms with Gasteiger partial charge in [0.2, 0.25) is 0 Å². The van der Waals surface area contributed by atoms with Gasteiger partial charge in [-0.25, -0.2) is 0 Å². The number of hydrogen-bond acceptors (Lipinski definition) is 3. The molecule has 35 heavy (non-hydrogen) atoms. The van der Waals surface area contributed by atoms with Crippen LogP contribution in [0.25, 0.3) is 22.0 Å². The molecule has 0 radical (unpaired) electrons. The zero-order valence-electron chi connectivity index (χ0n) is 21.1. The molecular formula is C31H39NO3. The van der Waals surface area contributed by atoms with Gasteiger partial charge >= 0.3 is 0 Å². The van der Waals surface area contributed by atoms with E-state index < -0.39 is 0 Å². The average molecular weight is 474 g/mol. The average Bonchev–Trinajstić information content (AvgIpc) is 2.89. The number of unbranched alkanes of at least 4 members (excludes halogenated alkanes) is 9. The van der Waals surface area contributed by atoms with Gasteiger partial charge in [0.05, 0.1) is 12.1 Å². The summed E-state index contributed by atoms with van der Waals surface area (Å²) >= 11 is 0. The van der Waals surface area contributed by atoms with E-state index in [9.17, 15) is 9.59 Å². The SMILES string of the molecule is C=CC(=O)CCCCCCCCCCCCOc1ccc(-c2cc3ccccc3n(C)c2=O)cc1. The minimum Gasteiger partial charge on any atom is -0.494 e. The Morgan fingerprint density at radius 2 is 1.46 bits per heavy atom. The monoisotopic (exact) mass is 473 g/mol. The Bertz CT molecular complexity index is 1140. The zero-order valence-corrected chi connectivity index (χ0v) is 21.1. The van der Waals surface area contributed by atoms with Crippen LogP contribution in [0.2, 0.25) is 0 Å². The number of carbonyl (C=O) groups is 1. The van der Waals surface area contributed by atoms with Crippen LogP contribution in [0.4, 0.5) is 0 Å². The molecule has 0 unspecified atom stereocenters. The van der Waals surface area contributed by atoms with Crippen molar-refractivity contribution in [1.29, 1.82) is 0 Å². The van der Waals surface area contributed by atoms with Gasteiger partial charge in [0.25, 0.3) is 5.56 Å². The Hall–Kier alpha value is -3.14. The summed E-state index contributed by atoms with van der Waals surface area (Å²) in [6, 6.07) is 17.8. The van der Waals surface area contributed by atoms with Gasteiger partial charge in [-0.2, -0.15) is 0 Å². The zero-order chi connectivity index (χ0) is 24.9. The molecule has 0 amide bonds. The van der Waals surface area contributed by atoms with Gasteiger partial charge in [0.15, 0.2) is 5.78 Å². The van der Waals surface area contributed by atoms with Crippen molar-refractivity contribution in [2.24, 2.45) is 7.05 Å². The molecule has 0 N–H and O–H groups in total. The molecule has 0 spiro atoms. The van der Waals surface area contributed by atoms with E-state index in [4.69, 9.17) is 4.74 Å². The van der Waals surface area contributed by atoms with Crippen molar-refractivity contribution in [2.45, 2.75) is 70.6 Å². The molecule has 2 aromatic carbocycles. The predicted molar refractivity (Wildman–Crippen MR) is 146 cm³/mol. The van der Waals surface area contributed by atoms with E-state index in [1.54, 1.807) is 4.57 Å². The van der Waals surface area contributed by atoms with Crippen LogP contribution in [-0.2, 0) is 11.8 Å². The minimum atomic E-state index is 0.0115. The van der Waals surface area contributed by atoms with E-state index in [1.165, 1.54) is 51.0 Å². The normalized spacial score (nSPS) is 11.0. The smallest absolute Gasteiger partial charge is 0.258 e. The van der Waals surface area contributed by atoms with Crippen molar-refractivity contribution in [1.82, 2.24) is 4.57 Å². The van der Waals surface area contributed by atoms with Crippen molar-refractivity contribution >= 4 is 16.7 Å². The summed E-state index contributed by atoms with van der Waals surface area (Å²) in [5, 5.41) is 1.06. The number of pyridine rings is 1. The lowest BCUT2D eigenvalue weighted by Gasteiger charge is -2.10. The molecule has 0 atom stereocenters. The molecule has 0 saturated carbocycles. The number of hydrogen-bond donors (Lipinski definition) is 0. The molecule has 0 saturated heterocycles. The number of benzene rings is 2. The molecule has 1 aromatic heterocycles. The third-order valence-corrected chi connectivity index (χ3v) is 6.61. The lowest BCUT2D eigenvalue weighted by Crippen LogP contribution is -2.18. The first kappa shape index (κ1) is 26.5. The maximum atomic E-state index is 12.8. The number of aromatic nitrogens is 1. The quantitative estimate of drug-likeness (QED) is 0.159. The number of carbonyl (C=O) groups excluding carboxylic acids is 1. The van der Waals surface area contributed by atoms with Crippen LogP contribution in [0, 0.1) is 0 Å². The topological polar surface area (TPSA) is 48.3 Å². The first-order valence-corrected chi connectivity index (χ1v) is 13.1. The maximum absolute atomic E-state index is 12.8. The summed E-state index contributed by atoms with van der Waals surface area (Å²) < 4.78 is 7.63. The fraction of sp³-hybridized carbons (Fsp3) is 0.419. The minimum absolute atomic E-state index is 0.0115. The van der Waals surface area contributed by atoms with Crippen molar-refractivity contribution in [3.63, 3.8) is 0 Å². The van der Waals surface area contributed by atoms with Gasteiger partial charge < -0.3 is 9.30 Å². The van der Waals surface area contributed by atoms with Crippen LogP contribution < -0.4 is 10.3 Å². The Morgan fingerprint density at radius 3 is 2.11 bits per heavy atom. The third kappa shape index (κ3) is 8.24. The molecule has 0 fully saturated rings. The highest BCUT2D eigenvalue weighted by Crippen LogP contribution is 2.23. The van der Waals surface area contributed by atoms with Gasteiger partial charge in [-0.3, -0.25) is 9.59 Å².